The number of aliphatic hydroxyl groups is 1. The fourth-order valence-electron chi connectivity index (χ4n) is 4.84. The lowest BCUT2D eigenvalue weighted by atomic mass is 9.76. The summed E-state index contributed by atoms with van der Waals surface area (Å²) in [4.78, 5) is 12.6. The molecule has 166 valence electrons. The Morgan fingerprint density at radius 3 is 2.35 bits per heavy atom. The molecule has 2 unspecified atom stereocenters. The van der Waals surface area contributed by atoms with E-state index < -0.39 is 32.4 Å². The molecule has 9 heteroatoms. The average molecular weight is 486 g/mol. The molecular weight excluding hydrogens is 464 g/mol. The second kappa shape index (κ2) is 8.03. The molecule has 5 nitrogen and oxygen atoms in total. The number of carbonyl (C=O) groups is 1. The van der Waals surface area contributed by atoms with E-state index in [1.807, 2.05) is 0 Å². The average Bonchev–Trinajstić information content (AvgIpc) is 2.87. The lowest BCUT2D eigenvalue weighted by Gasteiger charge is -2.40. The highest BCUT2D eigenvalue weighted by Crippen LogP contribution is 2.51. The Kier molecular flexibility index (Phi) is 5.83. The van der Waals surface area contributed by atoms with Crippen LogP contribution in [-0.4, -0.2) is 30.3 Å². The molecule has 2 aromatic carbocycles. The Morgan fingerprint density at radius 2 is 1.74 bits per heavy atom. The van der Waals surface area contributed by atoms with Crippen molar-refractivity contribution in [1.29, 1.82) is 0 Å². The summed E-state index contributed by atoms with van der Waals surface area (Å²) in [6.07, 6.45) is 2.35. The van der Waals surface area contributed by atoms with Crippen LogP contribution in [-0.2, 0) is 9.84 Å². The maximum Gasteiger partial charge on any atom is 0.255 e. The standard InChI is InChI=1S/C22H22Cl2FNO4S/c1-22(28)13-3-4-14(22)10-16(9-13)31(29,30)20-8-12(2-6-17(20)23)21(27)26-15-5-7-19(25)18(24)11-15/h2,5-8,11,13-14,16,28H,3-4,9-10H2,1H3,(H,26,27)/t13?,14?,16-,22-. The van der Waals surface area contributed by atoms with Gasteiger partial charge in [0, 0.05) is 11.3 Å². The molecule has 31 heavy (non-hydrogen) atoms. The number of amides is 1. The van der Waals surface area contributed by atoms with Crippen LogP contribution in [0.2, 0.25) is 10.0 Å². The van der Waals surface area contributed by atoms with Gasteiger partial charge in [-0.3, -0.25) is 4.79 Å². The molecule has 1 amide bonds. The smallest absolute Gasteiger partial charge is 0.255 e. The van der Waals surface area contributed by atoms with E-state index in [0.717, 1.165) is 18.9 Å². The zero-order valence-corrected chi connectivity index (χ0v) is 19.1. The van der Waals surface area contributed by atoms with Gasteiger partial charge in [0.15, 0.2) is 9.84 Å². The first-order valence-corrected chi connectivity index (χ1v) is 12.3. The summed E-state index contributed by atoms with van der Waals surface area (Å²) >= 11 is 12.0. The molecule has 2 bridgehead atoms. The van der Waals surface area contributed by atoms with Crippen LogP contribution in [0, 0.1) is 17.7 Å². The Bertz CT molecular complexity index is 1140. The van der Waals surface area contributed by atoms with Crippen molar-refractivity contribution in [3.63, 3.8) is 0 Å². The molecule has 2 aliphatic rings. The summed E-state index contributed by atoms with van der Waals surface area (Å²) in [5, 5.41) is 12.5. The van der Waals surface area contributed by atoms with Gasteiger partial charge in [0.2, 0.25) is 0 Å². The molecule has 0 spiro atoms. The summed E-state index contributed by atoms with van der Waals surface area (Å²) in [6, 6.07) is 7.84. The zero-order valence-electron chi connectivity index (χ0n) is 16.7. The monoisotopic (exact) mass is 485 g/mol. The van der Waals surface area contributed by atoms with Gasteiger partial charge in [0.05, 0.1) is 25.8 Å². The Balaban J connectivity index is 1.60. The molecule has 0 aromatic heterocycles. The number of hydrogen-bond acceptors (Lipinski definition) is 4. The second-order valence-corrected chi connectivity index (χ2v) is 11.6. The van der Waals surface area contributed by atoms with Crippen molar-refractivity contribution in [2.24, 2.45) is 11.8 Å². The molecule has 2 saturated carbocycles. The van der Waals surface area contributed by atoms with Crippen LogP contribution in [0.4, 0.5) is 10.1 Å². The van der Waals surface area contributed by atoms with Gasteiger partial charge in [-0.25, -0.2) is 12.8 Å². The van der Waals surface area contributed by atoms with E-state index in [0.29, 0.717) is 12.8 Å². The number of halogens is 3. The van der Waals surface area contributed by atoms with E-state index in [1.54, 1.807) is 6.92 Å². The number of sulfone groups is 1. The van der Waals surface area contributed by atoms with Gasteiger partial charge >= 0.3 is 0 Å². The van der Waals surface area contributed by atoms with E-state index in [4.69, 9.17) is 23.2 Å². The number of rotatable bonds is 4. The molecule has 0 aliphatic heterocycles. The number of nitrogens with one attached hydrogen (secondary N) is 1. The Hall–Kier alpha value is -1.67. The third-order valence-corrected chi connectivity index (χ3v) is 9.67. The van der Waals surface area contributed by atoms with Crippen LogP contribution in [0.3, 0.4) is 0 Å². The van der Waals surface area contributed by atoms with Crippen molar-refractivity contribution >= 4 is 44.6 Å². The molecular formula is C22H22Cl2FNO4S. The second-order valence-electron chi connectivity index (χ2n) is 8.56. The molecule has 0 radical (unpaired) electrons. The van der Waals surface area contributed by atoms with Crippen molar-refractivity contribution in [1.82, 2.24) is 0 Å². The fourth-order valence-corrected chi connectivity index (χ4v) is 7.42. The van der Waals surface area contributed by atoms with Gasteiger partial charge in [-0.05, 0) is 80.8 Å². The van der Waals surface area contributed by atoms with Crippen molar-refractivity contribution < 1.29 is 22.7 Å². The minimum absolute atomic E-state index is 0.0473. The fraction of sp³-hybridized carbons (Fsp3) is 0.409. The molecule has 2 aromatic rings. The van der Waals surface area contributed by atoms with Gasteiger partial charge in [0.1, 0.15) is 5.82 Å². The van der Waals surface area contributed by atoms with E-state index in [9.17, 15) is 22.7 Å². The summed E-state index contributed by atoms with van der Waals surface area (Å²) in [7, 11) is -3.80. The van der Waals surface area contributed by atoms with Crippen LogP contribution >= 0.6 is 23.2 Å². The summed E-state index contributed by atoms with van der Waals surface area (Å²) in [5.74, 6) is -1.32. The number of fused-ring (bicyclic) bond motifs is 2. The molecule has 2 fully saturated rings. The number of anilines is 1. The highest BCUT2D eigenvalue weighted by Gasteiger charge is 2.53. The Labute approximate surface area is 190 Å². The van der Waals surface area contributed by atoms with Crippen LogP contribution < -0.4 is 5.32 Å². The van der Waals surface area contributed by atoms with Gasteiger partial charge < -0.3 is 10.4 Å². The highest BCUT2D eigenvalue weighted by atomic mass is 35.5. The zero-order chi connectivity index (χ0) is 22.6. The summed E-state index contributed by atoms with van der Waals surface area (Å²) in [5.41, 5.74) is -0.454. The first-order valence-electron chi connectivity index (χ1n) is 10.0. The van der Waals surface area contributed by atoms with Crippen LogP contribution in [0.25, 0.3) is 0 Å². The predicted molar refractivity (Wildman–Crippen MR) is 118 cm³/mol. The molecule has 2 atom stereocenters. The maximum atomic E-state index is 13.4. The molecule has 4 rings (SSSR count). The van der Waals surface area contributed by atoms with Crippen molar-refractivity contribution in [3.8, 4) is 0 Å². The first-order chi connectivity index (χ1) is 14.5. The van der Waals surface area contributed by atoms with Crippen molar-refractivity contribution in [3.05, 3.63) is 57.8 Å². The third kappa shape index (κ3) is 4.09. The molecule has 2 N–H and O–H groups in total. The number of carbonyl (C=O) groups excluding carboxylic acids is 1. The summed E-state index contributed by atoms with van der Waals surface area (Å²) in [6.45, 7) is 1.79. The molecule has 2 aliphatic carbocycles. The lowest BCUT2D eigenvalue weighted by molar-refractivity contribution is -0.0413. The predicted octanol–water partition coefficient (Wildman–Crippen LogP) is 5.10. The van der Waals surface area contributed by atoms with Gasteiger partial charge in [-0.2, -0.15) is 0 Å². The minimum atomic E-state index is -3.80. The van der Waals surface area contributed by atoms with E-state index in [-0.39, 0.29) is 38.0 Å². The number of benzene rings is 2. The van der Waals surface area contributed by atoms with Crippen molar-refractivity contribution in [2.45, 2.75) is 48.4 Å². The normalized spacial score (nSPS) is 27.8. The number of hydrogen-bond donors (Lipinski definition) is 2. The lowest BCUT2D eigenvalue weighted by Crippen LogP contribution is -2.45. The third-order valence-electron chi connectivity index (χ3n) is 6.73. The summed E-state index contributed by atoms with van der Waals surface area (Å²) < 4.78 is 40.1. The van der Waals surface area contributed by atoms with E-state index in [2.05, 4.69) is 5.32 Å². The minimum Gasteiger partial charge on any atom is -0.390 e. The van der Waals surface area contributed by atoms with Crippen LogP contribution in [0.5, 0.6) is 0 Å². The topological polar surface area (TPSA) is 83.5 Å². The molecule has 0 saturated heterocycles. The van der Waals surface area contributed by atoms with Crippen LogP contribution in [0.1, 0.15) is 43.0 Å². The highest BCUT2D eigenvalue weighted by molar-refractivity contribution is 7.92. The maximum absolute atomic E-state index is 13.4. The van der Waals surface area contributed by atoms with Crippen molar-refractivity contribution in [2.75, 3.05) is 5.32 Å². The SMILES string of the molecule is C[C@]1(O)C2CCC1C[C@@H](S(=O)(=O)c1cc(C(=O)Nc3ccc(F)c(Cl)c3)ccc1Cl)C2. The van der Waals surface area contributed by atoms with Gasteiger partial charge in [-0.15, -0.1) is 0 Å². The molecule has 0 heterocycles. The Morgan fingerprint density at radius 1 is 1.10 bits per heavy atom. The quantitative estimate of drug-likeness (QED) is 0.630. The first kappa shape index (κ1) is 22.5. The van der Waals surface area contributed by atoms with Gasteiger partial charge in [-0.1, -0.05) is 23.2 Å². The van der Waals surface area contributed by atoms with Crippen LogP contribution in [0.15, 0.2) is 41.3 Å². The van der Waals surface area contributed by atoms with Gasteiger partial charge in [0.25, 0.3) is 5.91 Å². The largest absolute Gasteiger partial charge is 0.390 e. The van der Waals surface area contributed by atoms with E-state index >= 15 is 0 Å². The van der Waals surface area contributed by atoms with E-state index in [1.165, 1.54) is 30.3 Å².